The van der Waals surface area contributed by atoms with E-state index >= 15 is 0 Å². The van der Waals surface area contributed by atoms with E-state index in [9.17, 15) is 23.6 Å². The maximum Gasteiger partial charge on any atom is 0.247 e. The molecular formula is C20H15N3O5S. The summed E-state index contributed by atoms with van der Waals surface area (Å²) < 4.78 is 31.8. The molecule has 2 aromatic carbocycles. The molecule has 0 aliphatic heterocycles. The van der Waals surface area contributed by atoms with Gasteiger partial charge < -0.3 is 14.9 Å². The first kappa shape index (κ1) is 19.9. The molecule has 1 amide bonds. The van der Waals surface area contributed by atoms with Crippen molar-refractivity contribution in [1.82, 2.24) is 5.16 Å². The third kappa shape index (κ3) is 3.49. The Morgan fingerprint density at radius 1 is 1.34 bits per heavy atom. The summed E-state index contributed by atoms with van der Waals surface area (Å²) in [7, 11) is -4.21. The molecule has 0 aliphatic carbocycles. The molecule has 9 heteroatoms. The van der Waals surface area contributed by atoms with E-state index in [1.165, 1.54) is 25.3 Å². The van der Waals surface area contributed by atoms with Crippen molar-refractivity contribution in [2.24, 2.45) is 0 Å². The Labute approximate surface area is 166 Å². The van der Waals surface area contributed by atoms with Crippen molar-refractivity contribution in [2.45, 2.75) is 16.7 Å². The number of carbonyl (C=O) groups is 1. The minimum atomic E-state index is -4.21. The van der Waals surface area contributed by atoms with Crippen molar-refractivity contribution in [3.05, 3.63) is 66.6 Å². The van der Waals surface area contributed by atoms with E-state index in [0.717, 1.165) is 12.1 Å². The zero-order chi connectivity index (χ0) is 21.2. The summed E-state index contributed by atoms with van der Waals surface area (Å²) in [6, 6.07) is 10.4. The number of sulfone groups is 1. The molecular weight excluding hydrogens is 394 g/mol. The highest BCUT2D eigenvalue weighted by molar-refractivity contribution is 7.91. The van der Waals surface area contributed by atoms with Gasteiger partial charge in [-0.15, -0.1) is 0 Å². The molecule has 3 rings (SSSR count). The highest BCUT2D eigenvalue weighted by atomic mass is 32.2. The fraction of sp³-hybridized carbons (Fsp3) is 0.0500. The van der Waals surface area contributed by atoms with Gasteiger partial charge >= 0.3 is 0 Å². The van der Waals surface area contributed by atoms with Crippen LogP contribution in [-0.4, -0.2) is 24.6 Å². The normalized spacial score (nSPS) is 10.9. The van der Waals surface area contributed by atoms with E-state index in [2.05, 4.69) is 17.1 Å². The van der Waals surface area contributed by atoms with Crippen molar-refractivity contribution < 1.29 is 22.8 Å². The van der Waals surface area contributed by atoms with Gasteiger partial charge in [0.15, 0.2) is 0 Å². The fourth-order valence-electron chi connectivity index (χ4n) is 2.80. The average molecular weight is 409 g/mol. The van der Waals surface area contributed by atoms with Gasteiger partial charge in [-0.05, 0) is 31.2 Å². The Balaban J connectivity index is 2.44. The number of rotatable bonds is 5. The number of anilines is 1. The average Bonchev–Trinajstić information content (AvgIpc) is 3.14. The van der Waals surface area contributed by atoms with Crippen LogP contribution in [0.4, 0.5) is 5.69 Å². The van der Waals surface area contributed by atoms with Crippen molar-refractivity contribution >= 4 is 21.4 Å². The number of amides is 1. The largest absolute Gasteiger partial charge is 0.505 e. The predicted octanol–water partition coefficient (Wildman–Crippen LogP) is 3.18. The van der Waals surface area contributed by atoms with Gasteiger partial charge in [0.05, 0.1) is 27.9 Å². The van der Waals surface area contributed by atoms with Crippen molar-refractivity contribution in [2.75, 3.05) is 5.32 Å². The SMILES string of the molecule is C=CC(=O)Nc1cc(C#N)c(S(=O)(=O)c2ccccc2)c(-c2cnoc2C)c1O. The second-order valence-corrected chi connectivity index (χ2v) is 7.83. The van der Waals surface area contributed by atoms with Crippen molar-refractivity contribution in [3.63, 3.8) is 0 Å². The number of nitrogens with one attached hydrogen (secondary N) is 1. The first-order valence-corrected chi connectivity index (χ1v) is 9.74. The zero-order valence-electron chi connectivity index (χ0n) is 15.2. The van der Waals surface area contributed by atoms with E-state index in [1.54, 1.807) is 18.2 Å². The smallest absolute Gasteiger partial charge is 0.247 e. The number of aromatic nitrogens is 1. The lowest BCUT2D eigenvalue weighted by Gasteiger charge is -2.17. The van der Waals surface area contributed by atoms with E-state index in [0.29, 0.717) is 0 Å². The van der Waals surface area contributed by atoms with E-state index in [-0.39, 0.29) is 33.0 Å². The summed E-state index contributed by atoms with van der Waals surface area (Å²) in [5.74, 6) is -0.961. The van der Waals surface area contributed by atoms with Crippen molar-refractivity contribution in [3.8, 4) is 22.9 Å². The second-order valence-electron chi connectivity index (χ2n) is 5.94. The van der Waals surface area contributed by atoms with Crippen molar-refractivity contribution in [1.29, 1.82) is 5.26 Å². The zero-order valence-corrected chi connectivity index (χ0v) is 16.0. The van der Waals surface area contributed by atoms with Gasteiger partial charge in [0.2, 0.25) is 15.7 Å². The Kier molecular flexibility index (Phi) is 5.21. The van der Waals surface area contributed by atoms with E-state index < -0.39 is 26.4 Å². The molecule has 8 nitrogen and oxygen atoms in total. The molecule has 1 heterocycles. The molecule has 1 aromatic heterocycles. The summed E-state index contributed by atoms with van der Waals surface area (Å²) in [6.45, 7) is 4.86. The monoisotopic (exact) mass is 409 g/mol. The van der Waals surface area contributed by atoms with Gasteiger partial charge in [0.1, 0.15) is 22.5 Å². The van der Waals surface area contributed by atoms with Crippen LogP contribution in [0.3, 0.4) is 0 Å². The quantitative estimate of drug-likeness (QED) is 0.488. The summed E-state index contributed by atoms with van der Waals surface area (Å²) in [6.07, 6.45) is 2.21. The molecule has 0 unspecified atom stereocenters. The molecule has 0 atom stereocenters. The van der Waals surface area contributed by atoms with Crippen LogP contribution in [0.25, 0.3) is 11.1 Å². The molecule has 0 radical (unpaired) electrons. The second kappa shape index (κ2) is 7.61. The molecule has 29 heavy (non-hydrogen) atoms. The fourth-order valence-corrected chi connectivity index (χ4v) is 4.42. The number of benzene rings is 2. The minimum absolute atomic E-state index is 0.0610. The number of aromatic hydroxyl groups is 1. The molecule has 3 aromatic rings. The van der Waals surface area contributed by atoms with Gasteiger partial charge in [-0.1, -0.05) is 29.9 Å². The van der Waals surface area contributed by atoms with Gasteiger partial charge in [-0.2, -0.15) is 5.26 Å². The van der Waals surface area contributed by atoms with Gasteiger partial charge in [-0.3, -0.25) is 4.79 Å². The number of phenols is 1. The summed E-state index contributed by atoms with van der Waals surface area (Å²) in [5, 5.41) is 26.5. The van der Waals surface area contributed by atoms with Gasteiger partial charge in [-0.25, -0.2) is 8.42 Å². The number of aryl methyl sites for hydroxylation is 1. The molecule has 0 fully saturated rings. The third-order valence-electron chi connectivity index (χ3n) is 4.16. The highest BCUT2D eigenvalue weighted by Gasteiger charge is 2.31. The molecule has 0 bridgehead atoms. The maximum absolute atomic E-state index is 13.4. The lowest BCUT2D eigenvalue weighted by Crippen LogP contribution is -2.11. The summed E-state index contributed by atoms with van der Waals surface area (Å²) in [5.41, 5.74) is -0.426. The molecule has 0 spiro atoms. The van der Waals surface area contributed by atoms with Crippen LogP contribution in [-0.2, 0) is 14.6 Å². The number of nitrogens with zero attached hydrogens (tertiary/aromatic N) is 2. The lowest BCUT2D eigenvalue weighted by molar-refractivity contribution is -0.111. The van der Waals surface area contributed by atoms with Crippen LogP contribution in [0.15, 0.2) is 69.6 Å². The standard InChI is InChI=1S/C20H15N3O5S/c1-3-17(24)23-16-9-13(10-21)20(29(26,27)14-7-5-4-6-8-14)18(19(16)25)15-11-22-28-12(15)2/h3-9,11,25H,1H2,2H3,(H,23,24). The third-order valence-corrected chi connectivity index (χ3v) is 6.01. The molecule has 0 aliphatic rings. The predicted molar refractivity (Wildman–Crippen MR) is 104 cm³/mol. The lowest BCUT2D eigenvalue weighted by atomic mass is 10.0. The molecule has 2 N–H and O–H groups in total. The first-order valence-electron chi connectivity index (χ1n) is 8.26. The van der Waals surface area contributed by atoms with E-state index in [4.69, 9.17) is 4.52 Å². The Hall–Kier alpha value is -3.90. The van der Waals surface area contributed by atoms with Crippen LogP contribution in [0.2, 0.25) is 0 Å². The van der Waals surface area contributed by atoms with Crippen LogP contribution < -0.4 is 5.32 Å². The van der Waals surface area contributed by atoms with Crippen LogP contribution in [0, 0.1) is 18.3 Å². The number of carbonyl (C=O) groups excluding carboxylic acids is 1. The number of hydrogen-bond acceptors (Lipinski definition) is 7. The number of nitriles is 1. The van der Waals surface area contributed by atoms with Crippen LogP contribution >= 0.6 is 0 Å². The van der Waals surface area contributed by atoms with Gasteiger partial charge in [0, 0.05) is 5.56 Å². The Morgan fingerprint density at radius 3 is 2.59 bits per heavy atom. The number of phenolic OH excluding ortho intramolecular Hbond substituents is 1. The van der Waals surface area contributed by atoms with E-state index in [1.807, 2.05) is 6.07 Å². The minimum Gasteiger partial charge on any atom is -0.505 e. The summed E-state index contributed by atoms with van der Waals surface area (Å²) in [4.78, 5) is 11.3. The molecule has 0 saturated carbocycles. The Bertz CT molecular complexity index is 1260. The highest BCUT2D eigenvalue weighted by Crippen LogP contribution is 2.45. The molecule has 0 saturated heterocycles. The topological polar surface area (TPSA) is 133 Å². The Morgan fingerprint density at radius 2 is 2.03 bits per heavy atom. The van der Waals surface area contributed by atoms with Crippen LogP contribution in [0.1, 0.15) is 11.3 Å². The first-order chi connectivity index (χ1) is 13.8. The summed E-state index contributed by atoms with van der Waals surface area (Å²) >= 11 is 0. The maximum atomic E-state index is 13.4. The molecule has 146 valence electrons. The number of hydrogen-bond donors (Lipinski definition) is 2. The van der Waals surface area contributed by atoms with Gasteiger partial charge in [0.25, 0.3) is 0 Å². The van der Waals surface area contributed by atoms with Crippen LogP contribution in [0.5, 0.6) is 5.75 Å².